The molecule has 0 radical (unpaired) electrons. The average Bonchev–Trinajstić information content (AvgIpc) is 3.08. The third-order valence-corrected chi connectivity index (χ3v) is 11.0. The number of aryl methyl sites for hydroxylation is 2. The van der Waals surface area contributed by atoms with Gasteiger partial charge in [0.25, 0.3) is 0 Å². The number of fused-ring (bicyclic) bond motifs is 2. The number of benzene rings is 2. The van der Waals surface area contributed by atoms with E-state index < -0.39 is 0 Å². The van der Waals surface area contributed by atoms with E-state index in [1.165, 1.54) is 43.0 Å². The van der Waals surface area contributed by atoms with Crippen molar-refractivity contribution in [2.24, 2.45) is 4.99 Å². The van der Waals surface area contributed by atoms with Crippen molar-refractivity contribution >= 4 is 52.0 Å². The van der Waals surface area contributed by atoms with Gasteiger partial charge >= 0.3 is 6.03 Å². The van der Waals surface area contributed by atoms with Crippen molar-refractivity contribution in [1.82, 2.24) is 10.2 Å². The van der Waals surface area contributed by atoms with Gasteiger partial charge in [0.2, 0.25) is 0 Å². The van der Waals surface area contributed by atoms with Crippen LogP contribution in [-0.2, 0) is 12.8 Å². The molecule has 1 N–H and O–H groups in total. The predicted octanol–water partition coefficient (Wildman–Crippen LogP) is 6.09. The monoisotopic (exact) mass is 621 g/mol. The smallest absolute Gasteiger partial charge is 0.317 e. The molecule has 2 aliphatic heterocycles. The van der Waals surface area contributed by atoms with Crippen LogP contribution in [0, 0.1) is 4.51 Å². The van der Waals surface area contributed by atoms with Gasteiger partial charge < -0.3 is 20.0 Å². The minimum absolute atomic E-state index is 0.0386. The first-order chi connectivity index (χ1) is 17.0. The number of hydrogen-bond donors (Lipinski definition) is 1. The minimum atomic E-state index is -0.225. The van der Waals surface area contributed by atoms with Crippen LogP contribution in [0.3, 0.4) is 0 Å². The summed E-state index contributed by atoms with van der Waals surface area (Å²) in [7, 11) is 4.13. The van der Waals surface area contributed by atoms with E-state index in [0.717, 1.165) is 45.4 Å². The Morgan fingerprint density at radius 1 is 1.06 bits per heavy atom. The molecule has 8 heteroatoms. The molecule has 0 spiro atoms. The van der Waals surface area contributed by atoms with Crippen molar-refractivity contribution in [3.05, 3.63) is 45.3 Å². The lowest BCUT2D eigenvalue weighted by molar-refractivity contribution is 0.192. The fraction of sp³-hybridized carbons (Fsp3) is 0.536. The van der Waals surface area contributed by atoms with Gasteiger partial charge in [-0.1, -0.05) is 21.5 Å². The van der Waals surface area contributed by atoms with E-state index in [-0.39, 0.29) is 19.2 Å². The Hall–Kier alpha value is -1.81. The highest BCUT2D eigenvalue weighted by atomic mass is 127. The van der Waals surface area contributed by atoms with Crippen LogP contribution in [0.5, 0.6) is 0 Å². The van der Waals surface area contributed by atoms with Crippen LogP contribution in [0.4, 0.5) is 21.9 Å². The zero-order valence-electron chi connectivity index (χ0n) is 22.7. The van der Waals surface area contributed by atoms with E-state index in [0.29, 0.717) is 0 Å². The Balaban J connectivity index is 1.71. The summed E-state index contributed by atoms with van der Waals surface area (Å²) in [6.07, 6.45) is 2.89. The molecule has 0 saturated carbocycles. The van der Waals surface area contributed by atoms with E-state index in [1.54, 1.807) is 0 Å². The molecule has 6 nitrogen and oxygen atoms in total. The number of urea groups is 1. The summed E-state index contributed by atoms with van der Waals surface area (Å²) in [6.45, 7) is 13.9. The summed E-state index contributed by atoms with van der Waals surface area (Å²) >= 11 is 2.63. The SMILES string of the molecule is CCc1cc(N2CCCN(C(=O)NC(C)(C)C)CC2)cc2c1N=c1c(CC)cc(N(C)C)cc1=S2I. The van der Waals surface area contributed by atoms with E-state index in [9.17, 15) is 4.79 Å². The summed E-state index contributed by atoms with van der Waals surface area (Å²) in [5, 5.41) is 4.29. The molecule has 1 atom stereocenters. The molecule has 2 heterocycles. The summed E-state index contributed by atoms with van der Waals surface area (Å²) in [5.74, 6) is 0. The number of anilines is 2. The molecule has 2 aromatic carbocycles. The summed E-state index contributed by atoms with van der Waals surface area (Å²) in [4.78, 5) is 26.0. The number of nitrogens with one attached hydrogen (secondary N) is 1. The number of carbonyl (C=O) groups excluding carboxylic acids is 1. The van der Waals surface area contributed by atoms with Crippen molar-refractivity contribution in [2.75, 3.05) is 50.1 Å². The van der Waals surface area contributed by atoms with Crippen LogP contribution < -0.4 is 20.5 Å². The van der Waals surface area contributed by atoms with Gasteiger partial charge in [0, 0.05) is 66.6 Å². The molecule has 0 bridgehead atoms. The molecule has 4 rings (SSSR count). The van der Waals surface area contributed by atoms with Crippen molar-refractivity contribution in [3.8, 4) is 0 Å². The third kappa shape index (κ3) is 5.69. The highest BCUT2D eigenvalue weighted by Gasteiger charge is 2.24. The number of halogens is 1. The Kier molecular flexibility index (Phi) is 8.24. The number of carbonyl (C=O) groups is 1. The van der Waals surface area contributed by atoms with Gasteiger partial charge in [-0.05, 0) is 96.6 Å². The Morgan fingerprint density at radius 2 is 1.78 bits per heavy atom. The molecular formula is C28H40IN5OS. The predicted molar refractivity (Wildman–Crippen MR) is 162 cm³/mol. The molecule has 1 fully saturated rings. The number of amides is 2. The van der Waals surface area contributed by atoms with Crippen molar-refractivity contribution in [3.63, 3.8) is 0 Å². The standard InChI is InChI=1S/C28H40IN5OS/c1-8-19-15-21(32(6)7)17-23-25(19)30-26-20(9-2)16-22(18-24(26)36(23)29)33-11-10-12-34(14-13-33)27(35)31-28(3,4)5/h15-18H,8-14H2,1-7H3,(H,31,35). The number of hydrogen-bond acceptors (Lipinski definition) is 4. The van der Waals surface area contributed by atoms with Gasteiger partial charge in [-0.15, -0.1) is 0 Å². The lowest BCUT2D eigenvalue weighted by Crippen LogP contribution is -2.49. The van der Waals surface area contributed by atoms with Crippen LogP contribution in [0.2, 0.25) is 0 Å². The maximum absolute atomic E-state index is 12.8. The van der Waals surface area contributed by atoms with Gasteiger partial charge in [-0.25, -0.2) is 9.79 Å². The topological polar surface area (TPSA) is 51.2 Å². The Morgan fingerprint density at radius 3 is 2.42 bits per heavy atom. The average molecular weight is 622 g/mol. The summed E-state index contributed by atoms with van der Waals surface area (Å²) < 4.78 is 1.34. The van der Waals surface area contributed by atoms with Crippen molar-refractivity contribution in [1.29, 1.82) is 0 Å². The molecule has 36 heavy (non-hydrogen) atoms. The first-order valence-corrected chi connectivity index (χ1v) is 16.7. The summed E-state index contributed by atoms with van der Waals surface area (Å²) in [5.41, 5.74) is 6.08. The zero-order chi connectivity index (χ0) is 26.2. The van der Waals surface area contributed by atoms with Crippen LogP contribution in [-0.4, -0.2) is 56.7 Å². The van der Waals surface area contributed by atoms with Gasteiger partial charge in [0.05, 0.1) is 11.0 Å². The fourth-order valence-electron chi connectivity index (χ4n) is 4.81. The van der Waals surface area contributed by atoms with E-state index in [2.05, 4.69) is 88.5 Å². The van der Waals surface area contributed by atoms with Gasteiger partial charge in [-0.2, -0.15) is 0 Å². The maximum atomic E-state index is 12.8. The largest absolute Gasteiger partial charge is 0.378 e. The maximum Gasteiger partial charge on any atom is 0.317 e. The van der Waals surface area contributed by atoms with Crippen molar-refractivity contribution in [2.45, 2.75) is 64.3 Å². The highest BCUT2D eigenvalue weighted by Crippen LogP contribution is 2.48. The van der Waals surface area contributed by atoms with E-state index >= 15 is 0 Å². The third-order valence-electron chi connectivity index (χ3n) is 6.80. The Labute approximate surface area is 230 Å². The summed E-state index contributed by atoms with van der Waals surface area (Å²) in [6, 6.07) is 9.37. The van der Waals surface area contributed by atoms with Gasteiger partial charge in [0.1, 0.15) is 0 Å². The molecule has 0 aliphatic carbocycles. The van der Waals surface area contributed by atoms with Crippen LogP contribution in [0.1, 0.15) is 52.2 Å². The quantitative estimate of drug-likeness (QED) is 0.332. The lowest BCUT2D eigenvalue weighted by Gasteiger charge is -2.28. The second-order valence-electron chi connectivity index (χ2n) is 10.9. The molecule has 2 amide bonds. The van der Waals surface area contributed by atoms with Crippen molar-refractivity contribution < 1.29 is 4.79 Å². The lowest BCUT2D eigenvalue weighted by atomic mass is 10.1. The molecule has 0 aromatic heterocycles. The first kappa shape index (κ1) is 27.2. The number of rotatable bonds is 4. The van der Waals surface area contributed by atoms with Crippen LogP contribution >= 0.6 is 28.9 Å². The second kappa shape index (κ2) is 10.9. The van der Waals surface area contributed by atoms with Crippen LogP contribution in [0.25, 0.3) is 0 Å². The van der Waals surface area contributed by atoms with Gasteiger partial charge in [-0.3, -0.25) is 0 Å². The van der Waals surface area contributed by atoms with E-state index in [1.807, 2.05) is 25.7 Å². The Bertz CT molecular complexity index is 1280. The number of nitrogens with zero attached hydrogens (tertiary/aromatic N) is 4. The normalized spacial score (nSPS) is 17.6. The fourth-order valence-corrected chi connectivity index (χ4v) is 8.21. The van der Waals surface area contributed by atoms with E-state index in [4.69, 9.17) is 4.99 Å². The molecule has 196 valence electrons. The molecule has 2 aromatic rings. The van der Waals surface area contributed by atoms with Crippen LogP contribution in [0.15, 0.2) is 34.2 Å². The first-order valence-electron chi connectivity index (χ1n) is 13.0. The molecular weight excluding hydrogens is 581 g/mol. The molecule has 1 unspecified atom stereocenters. The minimum Gasteiger partial charge on any atom is -0.378 e. The highest BCUT2D eigenvalue weighted by molar-refractivity contribution is 14.2. The second-order valence-corrected chi connectivity index (χ2v) is 14.9. The molecule has 1 saturated heterocycles. The molecule has 2 aliphatic rings. The van der Waals surface area contributed by atoms with Gasteiger partial charge in [0.15, 0.2) is 0 Å². The zero-order valence-corrected chi connectivity index (χ0v) is 25.7.